The second-order valence-corrected chi connectivity index (χ2v) is 2.97. The number of hydrogen-bond acceptors (Lipinski definition) is 4. The normalized spacial score (nSPS) is 10.2. The summed E-state index contributed by atoms with van der Waals surface area (Å²) in [5.41, 5.74) is 0.615. The summed E-state index contributed by atoms with van der Waals surface area (Å²) in [6.45, 7) is -0.322. The molecule has 0 atom stereocenters. The van der Waals surface area contributed by atoms with Crippen molar-refractivity contribution in [3.63, 3.8) is 0 Å². The lowest BCUT2D eigenvalue weighted by Crippen LogP contribution is -2.16. The Morgan fingerprint density at radius 3 is 2.53 bits per heavy atom. The summed E-state index contributed by atoms with van der Waals surface area (Å²) in [6.07, 6.45) is 0. The Hall–Kier alpha value is -2.01. The third kappa shape index (κ3) is 1.92. The topological polar surface area (TPSA) is 78.9 Å². The fourth-order valence-electron chi connectivity index (χ4n) is 1.23. The maximum Gasteiger partial charge on any atom is 0.277 e. The molecule has 0 amide bonds. The van der Waals surface area contributed by atoms with Gasteiger partial charge in [-0.25, -0.2) is 0 Å². The third-order valence-corrected chi connectivity index (χ3v) is 1.94. The van der Waals surface area contributed by atoms with Crippen LogP contribution in [0.25, 0.3) is 11.3 Å². The highest BCUT2D eigenvalue weighted by Gasteiger charge is 2.05. The van der Waals surface area contributed by atoms with Gasteiger partial charge in [0.2, 0.25) is 0 Å². The van der Waals surface area contributed by atoms with Crippen LogP contribution >= 0.6 is 0 Å². The van der Waals surface area contributed by atoms with E-state index in [0.717, 1.165) is 0 Å². The van der Waals surface area contributed by atoms with Crippen LogP contribution in [-0.2, 0) is 6.61 Å². The van der Waals surface area contributed by atoms with E-state index in [2.05, 4.69) is 15.2 Å². The molecule has 2 N–H and O–H groups in total. The van der Waals surface area contributed by atoms with Gasteiger partial charge in [-0.2, -0.15) is 0 Å². The zero-order valence-corrected chi connectivity index (χ0v) is 7.84. The third-order valence-electron chi connectivity index (χ3n) is 1.94. The fraction of sp³-hybridized carbons (Fsp3) is 0.100. The minimum Gasteiger partial charge on any atom is -0.388 e. The minimum absolute atomic E-state index is 0.166. The smallest absolute Gasteiger partial charge is 0.277 e. The van der Waals surface area contributed by atoms with Gasteiger partial charge in [0.1, 0.15) is 6.61 Å². The van der Waals surface area contributed by atoms with E-state index in [4.69, 9.17) is 5.11 Å². The molecule has 1 aromatic carbocycles. The van der Waals surface area contributed by atoms with E-state index in [0.29, 0.717) is 5.56 Å². The maximum absolute atomic E-state index is 11.5. The Kier molecular flexibility index (Phi) is 2.55. The highest BCUT2D eigenvalue weighted by atomic mass is 16.3. The van der Waals surface area contributed by atoms with Gasteiger partial charge in [0.15, 0.2) is 11.5 Å². The summed E-state index contributed by atoms with van der Waals surface area (Å²) < 4.78 is 0. The molecule has 0 aliphatic heterocycles. The molecule has 0 saturated carbocycles. The number of hydrogen-bond donors (Lipinski definition) is 2. The van der Waals surface area contributed by atoms with Crippen LogP contribution in [0.2, 0.25) is 0 Å². The number of aliphatic hydroxyl groups is 1. The van der Waals surface area contributed by atoms with E-state index in [-0.39, 0.29) is 23.7 Å². The SMILES string of the molecule is O=c1[nH]c(CO)nnc1-c1ccccc1. The minimum atomic E-state index is -0.347. The molecule has 0 unspecified atom stereocenters. The quantitative estimate of drug-likeness (QED) is 0.736. The molecule has 0 bridgehead atoms. The first-order valence-electron chi connectivity index (χ1n) is 4.43. The van der Waals surface area contributed by atoms with Crippen molar-refractivity contribution in [3.8, 4) is 11.3 Å². The number of nitrogens with zero attached hydrogens (tertiary/aromatic N) is 2. The van der Waals surface area contributed by atoms with Crippen molar-refractivity contribution in [2.75, 3.05) is 0 Å². The van der Waals surface area contributed by atoms with Crippen molar-refractivity contribution in [2.45, 2.75) is 6.61 Å². The molecule has 1 aromatic heterocycles. The van der Waals surface area contributed by atoms with Gasteiger partial charge >= 0.3 is 0 Å². The first-order valence-corrected chi connectivity index (χ1v) is 4.43. The van der Waals surface area contributed by atoms with Crippen LogP contribution in [0.1, 0.15) is 5.82 Å². The number of rotatable bonds is 2. The lowest BCUT2D eigenvalue weighted by atomic mass is 10.2. The van der Waals surface area contributed by atoms with Crippen LogP contribution in [0.3, 0.4) is 0 Å². The van der Waals surface area contributed by atoms with Gasteiger partial charge in [-0.3, -0.25) is 4.79 Å². The van der Waals surface area contributed by atoms with Crippen LogP contribution in [0.4, 0.5) is 0 Å². The summed E-state index contributed by atoms with van der Waals surface area (Å²) >= 11 is 0. The van der Waals surface area contributed by atoms with E-state index in [1.807, 2.05) is 18.2 Å². The van der Waals surface area contributed by atoms with Gasteiger partial charge in [-0.1, -0.05) is 30.3 Å². The van der Waals surface area contributed by atoms with Crippen molar-refractivity contribution in [1.82, 2.24) is 15.2 Å². The molecule has 15 heavy (non-hydrogen) atoms. The summed E-state index contributed by atoms with van der Waals surface area (Å²) in [5.74, 6) is 0.166. The average molecular weight is 203 g/mol. The molecule has 5 nitrogen and oxygen atoms in total. The molecule has 0 saturated heterocycles. The van der Waals surface area contributed by atoms with Gasteiger partial charge in [0.25, 0.3) is 5.56 Å². The zero-order valence-electron chi connectivity index (χ0n) is 7.84. The Labute approximate surface area is 85.4 Å². The molecular formula is C10H9N3O2. The van der Waals surface area contributed by atoms with E-state index < -0.39 is 0 Å². The molecule has 2 aromatic rings. The van der Waals surface area contributed by atoms with Crippen LogP contribution < -0.4 is 5.56 Å². The molecule has 0 aliphatic carbocycles. The molecule has 0 fully saturated rings. The molecular weight excluding hydrogens is 194 g/mol. The molecule has 0 radical (unpaired) electrons. The summed E-state index contributed by atoms with van der Waals surface area (Å²) in [6, 6.07) is 9.04. The van der Waals surface area contributed by atoms with Crippen molar-refractivity contribution in [3.05, 3.63) is 46.5 Å². The fourth-order valence-corrected chi connectivity index (χ4v) is 1.23. The maximum atomic E-state index is 11.5. The Balaban J connectivity index is 2.51. The Morgan fingerprint density at radius 1 is 1.20 bits per heavy atom. The van der Waals surface area contributed by atoms with Gasteiger partial charge in [0, 0.05) is 5.56 Å². The van der Waals surface area contributed by atoms with Crippen LogP contribution in [0.5, 0.6) is 0 Å². The molecule has 0 spiro atoms. The predicted octanol–water partition coefficient (Wildman–Crippen LogP) is 0.324. The molecule has 2 rings (SSSR count). The monoisotopic (exact) mass is 203 g/mol. The van der Waals surface area contributed by atoms with E-state index in [9.17, 15) is 4.79 Å². The highest BCUT2D eigenvalue weighted by molar-refractivity contribution is 5.56. The lowest BCUT2D eigenvalue weighted by molar-refractivity contribution is 0.269. The number of aliphatic hydroxyl groups excluding tert-OH is 1. The number of benzene rings is 1. The second-order valence-electron chi connectivity index (χ2n) is 2.97. The zero-order chi connectivity index (χ0) is 10.7. The van der Waals surface area contributed by atoms with E-state index in [1.54, 1.807) is 12.1 Å². The van der Waals surface area contributed by atoms with Gasteiger partial charge in [-0.15, -0.1) is 10.2 Å². The van der Waals surface area contributed by atoms with Gasteiger partial charge in [0.05, 0.1) is 0 Å². The number of H-pyrrole nitrogens is 1. The van der Waals surface area contributed by atoms with Gasteiger partial charge in [-0.05, 0) is 0 Å². The van der Waals surface area contributed by atoms with Gasteiger partial charge < -0.3 is 10.1 Å². The average Bonchev–Trinajstić information content (AvgIpc) is 2.30. The predicted molar refractivity (Wildman–Crippen MR) is 54.0 cm³/mol. The number of aromatic nitrogens is 3. The first kappa shape index (κ1) is 9.54. The van der Waals surface area contributed by atoms with E-state index in [1.165, 1.54) is 0 Å². The summed E-state index contributed by atoms with van der Waals surface area (Å²) in [4.78, 5) is 14.0. The molecule has 76 valence electrons. The van der Waals surface area contributed by atoms with E-state index >= 15 is 0 Å². The Bertz CT molecular complexity index is 508. The van der Waals surface area contributed by atoms with Crippen molar-refractivity contribution >= 4 is 0 Å². The highest BCUT2D eigenvalue weighted by Crippen LogP contribution is 2.09. The number of nitrogens with one attached hydrogen (secondary N) is 1. The largest absolute Gasteiger partial charge is 0.388 e. The first-order chi connectivity index (χ1) is 7.31. The molecule has 0 aliphatic rings. The van der Waals surface area contributed by atoms with Crippen molar-refractivity contribution in [1.29, 1.82) is 0 Å². The Morgan fingerprint density at radius 2 is 1.93 bits per heavy atom. The lowest BCUT2D eigenvalue weighted by Gasteiger charge is -1.99. The standard InChI is InChI=1S/C10H9N3O2/c14-6-8-11-10(15)9(13-12-8)7-4-2-1-3-5-7/h1-5,14H,6H2,(H,11,12,15). The van der Waals surface area contributed by atoms with Crippen molar-refractivity contribution < 1.29 is 5.11 Å². The molecule has 5 heteroatoms. The van der Waals surface area contributed by atoms with Crippen LogP contribution in [-0.4, -0.2) is 20.3 Å². The second kappa shape index (κ2) is 4.02. The van der Waals surface area contributed by atoms with Crippen LogP contribution in [0.15, 0.2) is 35.1 Å². The summed E-state index contributed by atoms with van der Waals surface area (Å²) in [5, 5.41) is 16.2. The molecule has 1 heterocycles. The van der Waals surface area contributed by atoms with Crippen molar-refractivity contribution in [2.24, 2.45) is 0 Å². The van der Waals surface area contributed by atoms with Crippen LogP contribution in [0, 0.1) is 0 Å². The number of aromatic amines is 1. The summed E-state index contributed by atoms with van der Waals surface area (Å²) in [7, 11) is 0.